The number of ether oxygens (including phenoxy) is 1. The molecule has 2 saturated heterocycles. The Morgan fingerprint density at radius 2 is 1.92 bits per heavy atom. The summed E-state index contributed by atoms with van der Waals surface area (Å²) < 4.78 is 5.48. The van der Waals surface area contributed by atoms with Gasteiger partial charge in [-0.3, -0.25) is 0 Å². The van der Waals surface area contributed by atoms with Gasteiger partial charge in [0.15, 0.2) is 0 Å². The van der Waals surface area contributed by atoms with Crippen molar-refractivity contribution in [2.75, 3.05) is 40.0 Å². The molecule has 2 rings (SSSR count). The number of rotatable bonds is 1. The zero-order chi connectivity index (χ0) is 8.55. The van der Waals surface area contributed by atoms with Crippen molar-refractivity contribution in [3.05, 3.63) is 0 Å². The topological polar surface area (TPSA) is 32.7 Å². The minimum atomic E-state index is 0.340. The van der Waals surface area contributed by atoms with Gasteiger partial charge in [0.25, 0.3) is 0 Å². The van der Waals surface area contributed by atoms with Gasteiger partial charge in [-0.2, -0.15) is 0 Å². The SMILES string of the molecule is CN1C[C@H]2COC[C@@H](C1)[C@@H]2CO. The van der Waals surface area contributed by atoms with Crippen LogP contribution in [0, 0.1) is 17.8 Å². The number of nitrogens with zero attached hydrogens (tertiary/aromatic N) is 1. The lowest BCUT2D eigenvalue weighted by Gasteiger charge is -2.45. The fourth-order valence-electron chi connectivity index (χ4n) is 2.55. The van der Waals surface area contributed by atoms with Crippen molar-refractivity contribution in [3.63, 3.8) is 0 Å². The van der Waals surface area contributed by atoms with Crippen molar-refractivity contribution >= 4 is 0 Å². The van der Waals surface area contributed by atoms with Gasteiger partial charge in [0.2, 0.25) is 0 Å². The van der Waals surface area contributed by atoms with E-state index in [9.17, 15) is 5.11 Å². The van der Waals surface area contributed by atoms with Gasteiger partial charge in [0, 0.05) is 31.5 Å². The van der Waals surface area contributed by atoms with Gasteiger partial charge in [-0.25, -0.2) is 0 Å². The van der Waals surface area contributed by atoms with E-state index in [4.69, 9.17) is 4.74 Å². The predicted octanol–water partition coefficient (Wildman–Crippen LogP) is -0.197. The molecule has 0 aliphatic carbocycles. The quantitative estimate of drug-likeness (QED) is 0.593. The summed E-state index contributed by atoms with van der Waals surface area (Å²) in [5.74, 6) is 1.62. The number of aliphatic hydroxyl groups excluding tert-OH is 1. The Balaban J connectivity index is 2.06. The second-order valence-electron chi connectivity index (χ2n) is 4.13. The molecule has 3 nitrogen and oxygen atoms in total. The van der Waals surface area contributed by atoms with Crippen LogP contribution >= 0.6 is 0 Å². The summed E-state index contributed by atoms with van der Waals surface area (Å²) in [7, 11) is 2.15. The summed E-state index contributed by atoms with van der Waals surface area (Å²) in [6, 6.07) is 0. The van der Waals surface area contributed by atoms with Crippen LogP contribution in [0.25, 0.3) is 0 Å². The molecule has 70 valence electrons. The van der Waals surface area contributed by atoms with Crippen molar-refractivity contribution in [2.24, 2.45) is 17.8 Å². The monoisotopic (exact) mass is 171 g/mol. The summed E-state index contributed by atoms with van der Waals surface area (Å²) in [5, 5.41) is 9.21. The first-order valence-electron chi connectivity index (χ1n) is 4.68. The largest absolute Gasteiger partial charge is 0.396 e. The van der Waals surface area contributed by atoms with Crippen LogP contribution in [0.3, 0.4) is 0 Å². The third-order valence-corrected chi connectivity index (χ3v) is 3.18. The summed E-state index contributed by atoms with van der Waals surface area (Å²) in [6.07, 6.45) is 0. The van der Waals surface area contributed by atoms with E-state index in [1.165, 1.54) is 0 Å². The molecule has 0 unspecified atom stereocenters. The molecule has 1 N–H and O–H groups in total. The maximum absolute atomic E-state index is 9.21. The summed E-state index contributed by atoms with van der Waals surface area (Å²) in [5.41, 5.74) is 0. The predicted molar refractivity (Wildman–Crippen MR) is 45.9 cm³/mol. The Kier molecular flexibility index (Phi) is 2.35. The molecular formula is C9H17NO2. The number of fused-ring (bicyclic) bond motifs is 2. The Hall–Kier alpha value is -0.120. The molecule has 0 spiro atoms. The zero-order valence-electron chi connectivity index (χ0n) is 7.57. The first-order chi connectivity index (χ1) is 5.81. The smallest absolute Gasteiger partial charge is 0.0510 e. The molecule has 0 aromatic carbocycles. The van der Waals surface area contributed by atoms with Gasteiger partial charge in [-0.1, -0.05) is 0 Å². The van der Waals surface area contributed by atoms with Crippen molar-refractivity contribution in [2.45, 2.75) is 0 Å². The van der Waals surface area contributed by atoms with Gasteiger partial charge < -0.3 is 14.7 Å². The van der Waals surface area contributed by atoms with Gasteiger partial charge in [0.1, 0.15) is 0 Å². The third kappa shape index (κ3) is 1.37. The first kappa shape index (κ1) is 8.48. The summed E-state index contributed by atoms with van der Waals surface area (Å²) in [6.45, 7) is 4.19. The molecule has 2 aliphatic heterocycles. The van der Waals surface area contributed by atoms with Crippen LogP contribution < -0.4 is 0 Å². The lowest BCUT2D eigenvalue weighted by atomic mass is 9.77. The standard InChI is InChI=1S/C9H17NO2/c1-10-2-7-5-12-6-8(3-10)9(7)4-11/h7-9,11H,2-6H2,1H3/t7-,8+,9+. The maximum Gasteiger partial charge on any atom is 0.0510 e. The molecule has 2 fully saturated rings. The highest BCUT2D eigenvalue weighted by molar-refractivity contribution is 4.87. The van der Waals surface area contributed by atoms with Crippen molar-refractivity contribution in [1.29, 1.82) is 0 Å². The highest BCUT2D eigenvalue weighted by atomic mass is 16.5. The molecule has 2 heterocycles. The molecule has 2 bridgehead atoms. The molecule has 3 heteroatoms. The van der Waals surface area contributed by atoms with Gasteiger partial charge in [0.05, 0.1) is 13.2 Å². The third-order valence-electron chi connectivity index (χ3n) is 3.18. The van der Waals surface area contributed by atoms with Gasteiger partial charge in [-0.15, -0.1) is 0 Å². The van der Waals surface area contributed by atoms with E-state index >= 15 is 0 Å². The molecule has 0 saturated carbocycles. The van der Waals surface area contributed by atoms with E-state index in [1.807, 2.05) is 0 Å². The zero-order valence-corrected chi connectivity index (χ0v) is 7.57. The van der Waals surface area contributed by atoms with Crippen LogP contribution in [0.5, 0.6) is 0 Å². The highest BCUT2D eigenvalue weighted by Crippen LogP contribution is 2.31. The van der Waals surface area contributed by atoms with Crippen molar-refractivity contribution < 1.29 is 9.84 Å². The van der Waals surface area contributed by atoms with Crippen molar-refractivity contribution in [1.82, 2.24) is 4.90 Å². The number of hydrogen-bond acceptors (Lipinski definition) is 3. The first-order valence-corrected chi connectivity index (χ1v) is 4.68. The molecule has 3 atom stereocenters. The van der Waals surface area contributed by atoms with Gasteiger partial charge in [-0.05, 0) is 13.0 Å². The van der Waals surface area contributed by atoms with E-state index in [0.29, 0.717) is 24.4 Å². The average Bonchev–Trinajstić information content (AvgIpc) is 2.02. The van der Waals surface area contributed by atoms with E-state index in [0.717, 1.165) is 26.3 Å². The highest BCUT2D eigenvalue weighted by Gasteiger charge is 2.38. The second kappa shape index (κ2) is 3.32. The number of likely N-dealkylation sites (tertiary alicyclic amines) is 1. The van der Waals surface area contributed by atoms with E-state index in [-0.39, 0.29) is 0 Å². The normalized spacial score (nSPS) is 43.0. The maximum atomic E-state index is 9.21. The molecular weight excluding hydrogens is 154 g/mol. The molecule has 12 heavy (non-hydrogen) atoms. The number of aliphatic hydroxyl groups is 1. The van der Waals surface area contributed by atoms with Crippen LogP contribution in [-0.2, 0) is 4.74 Å². The second-order valence-corrected chi connectivity index (χ2v) is 4.13. The van der Waals surface area contributed by atoms with Crippen LogP contribution in [-0.4, -0.2) is 50.0 Å². The van der Waals surface area contributed by atoms with Crippen LogP contribution in [0.2, 0.25) is 0 Å². The van der Waals surface area contributed by atoms with E-state index < -0.39 is 0 Å². The van der Waals surface area contributed by atoms with Crippen molar-refractivity contribution in [3.8, 4) is 0 Å². The minimum absolute atomic E-state index is 0.340. The molecule has 0 radical (unpaired) electrons. The van der Waals surface area contributed by atoms with Crippen LogP contribution in [0.4, 0.5) is 0 Å². The van der Waals surface area contributed by atoms with Gasteiger partial charge >= 0.3 is 0 Å². The molecule has 2 aliphatic rings. The van der Waals surface area contributed by atoms with Crippen LogP contribution in [0.15, 0.2) is 0 Å². The molecule has 0 aromatic heterocycles. The Morgan fingerprint density at radius 3 is 2.42 bits per heavy atom. The fourth-order valence-corrected chi connectivity index (χ4v) is 2.55. The number of hydrogen-bond donors (Lipinski definition) is 1. The molecule has 0 aromatic rings. The fraction of sp³-hybridized carbons (Fsp3) is 1.00. The molecule has 0 amide bonds. The summed E-state index contributed by atoms with van der Waals surface area (Å²) in [4.78, 5) is 2.35. The lowest BCUT2D eigenvalue weighted by molar-refractivity contribution is -0.0918. The Morgan fingerprint density at radius 1 is 1.33 bits per heavy atom. The average molecular weight is 171 g/mol. The Labute approximate surface area is 73.3 Å². The summed E-state index contributed by atoms with van der Waals surface area (Å²) >= 11 is 0. The Bertz CT molecular complexity index is 149. The van der Waals surface area contributed by atoms with Crippen LogP contribution in [0.1, 0.15) is 0 Å². The number of piperidine rings is 1. The minimum Gasteiger partial charge on any atom is -0.396 e. The van der Waals surface area contributed by atoms with E-state index in [1.54, 1.807) is 0 Å². The lowest BCUT2D eigenvalue weighted by Crippen LogP contribution is -2.52. The van der Waals surface area contributed by atoms with E-state index in [2.05, 4.69) is 11.9 Å².